The molecule has 0 unspecified atom stereocenters. The van der Waals surface area contributed by atoms with Gasteiger partial charge in [-0.25, -0.2) is 8.42 Å². The number of pyridine rings is 1. The molecule has 0 atom stereocenters. The van der Waals surface area contributed by atoms with E-state index in [4.69, 9.17) is 5.26 Å². The molecule has 2 heterocycles. The first kappa shape index (κ1) is 18.5. The van der Waals surface area contributed by atoms with Gasteiger partial charge in [-0.3, -0.25) is 9.29 Å². The van der Waals surface area contributed by atoms with Crippen molar-refractivity contribution in [1.29, 1.82) is 5.26 Å². The lowest BCUT2D eigenvalue weighted by molar-refractivity contribution is 0.591. The molecule has 0 N–H and O–H groups in total. The summed E-state index contributed by atoms with van der Waals surface area (Å²) in [5.41, 5.74) is 3.97. The largest absolute Gasteiger partial charge is 0.264 e. The third-order valence-corrected chi connectivity index (χ3v) is 7.55. The van der Waals surface area contributed by atoms with Gasteiger partial charge >= 0.3 is 0 Å². The molecule has 28 heavy (non-hydrogen) atoms. The molecule has 1 aromatic heterocycles. The summed E-state index contributed by atoms with van der Waals surface area (Å²) in [6.45, 7) is 2.32. The predicted molar refractivity (Wildman–Crippen MR) is 111 cm³/mol. The van der Waals surface area contributed by atoms with E-state index in [-0.39, 0.29) is 4.90 Å². The number of hydrogen-bond donors (Lipinski definition) is 0. The molecule has 2 aromatic carbocycles. The summed E-state index contributed by atoms with van der Waals surface area (Å²) < 4.78 is 27.9. The second-order valence-electron chi connectivity index (χ2n) is 6.46. The molecular formula is C21H17N3O2S2. The molecule has 0 radical (unpaired) electrons. The van der Waals surface area contributed by atoms with Crippen molar-refractivity contribution in [3.63, 3.8) is 0 Å². The summed E-state index contributed by atoms with van der Waals surface area (Å²) in [6, 6.07) is 16.2. The Hall–Kier alpha value is -2.82. The summed E-state index contributed by atoms with van der Waals surface area (Å²) in [4.78, 5) is 5.47. The summed E-state index contributed by atoms with van der Waals surface area (Å²) >= 11 is 1.63. The van der Waals surface area contributed by atoms with Crippen LogP contribution in [0.5, 0.6) is 0 Å². The predicted octanol–water partition coefficient (Wildman–Crippen LogP) is 4.23. The van der Waals surface area contributed by atoms with E-state index < -0.39 is 10.0 Å². The molecule has 0 spiro atoms. The van der Waals surface area contributed by atoms with Crippen molar-refractivity contribution >= 4 is 27.5 Å². The van der Waals surface area contributed by atoms with Gasteiger partial charge in [0.05, 0.1) is 28.4 Å². The van der Waals surface area contributed by atoms with Crippen molar-refractivity contribution in [2.75, 3.05) is 16.6 Å². The third kappa shape index (κ3) is 3.26. The quantitative estimate of drug-likeness (QED) is 0.650. The highest BCUT2D eigenvalue weighted by molar-refractivity contribution is 8.00. The number of fused-ring (bicyclic) bond motifs is 1. The van der Waals surface area contributed by atoms with Gasteiger partial charge in [-0.05, 0) is 36.8 Å². The topological polar surface area (TPSA) is 74.1 Å². The fourth-order valence-corrected chi connectivity index (χ4v) is 5.89. The van der Waals surface area contributed by atoms with E-state index >= 15 is 0 Å². The van der Waals surface area contributed by atoms with E-state index in [1.807, 2.05) is 19.1 Å². The summed E-state index contributed by atoms with van der Waals surface area (Å²) in [7, 11) is -3.66. The molecular weight excluding hydrogens is 390 g/mol. The first-order valence-corrected chi connectivity index (χ1v) is 11.1. The second kappa shape index (κ2) is 7.30. The van der Waals surface area contributed by atoms with Crippen molar-refractivity contribution in [3.8, 4) is 17.2 Å². The van der Waals surface area contributed by atoms with Crippen LogP contribution in [0.25, 0.3) is 11.1 Å². The zero-order valence-corrected chi connectivity index (χ0v) is 16.8. The zero-order valence-electron chi connectivity index (χ0n) is 15.2. The number of nitriles is 1. The van der Waals surface area contributed by atoms with E-state index in [1.54, 1.807) is 60.6 Å². The highest BCUT2D eigenvalue weighted by Gasteiger charge is 2.31. The molecule has 140 valence electrons. The summed E-state index contributed by atoms with van der Waals surface area (Å²) in [5.74, 6) is 0.658. The summed E-state index contributed by atoms with van der Waals surface area (Å²) in [6.07, 6.45) is 3.36. The fraction of sp³-hybridized carbons (Fsp3) is 0.143. The molecule has 1 aliphatic rings. The fourth-order valence-electron chi connectivity index (χ4n) is 3.14. The number of hydrogen-bond acceptors (Lipinski definition) is 5. The Morgan fingerprint density at radius 3 is 2.46 bits per heavy atom. The Balaban J connectivity index is 1.80. The number of nitrogens with zero attached hydrogens (tertiary/aromatic N) is 3. The number of sulfonamides is 1. The maximum atomic E-state index is 13.2. The van der Waals surface area contributed by atoms with Crippen LogP contribution in [-0.2, 0) is 10.0 Å². The zero-order chi connectivity index (χ0) is 19.7. The lowest BCUT2D eigenvalue weighted by Crippen LogP contribution is -2.35. The van der Waals surface area contributed by atoms with Gasteiger partial charge in [0.1, 0.15) is 0 Å². The molecule has 5 nitrogen and oxygen atoms in total. The van der Waals surface area contributed by atoms with Crippen LogP contribution in [0.3, 0.4) is 0 Å². The lowest BCUT2D eigenvalue weighted by Gasteiger charge is -2.31. The molecule has 3 aromatic rings. The number of rotatable bonds is 3. The average Bonchev–Trinajstić information content (AvgIpc) is 2.73. The van der Waals surface area contributed by atoms with Gasteiger partial charge in [0.2, 0.25) is 0 Å². The van der Waals surface area contributed by atoms with Crippen molar-refractivity contribution in [3.05, 3.63) is 72.1 Å². The van der Waals surface area contributed by atoms with Gasteiger partial charge in [0.25, 0.3) is 10.0 Å². The van der Waals surface area contributed by atoms with E-state index in [0.29, 0.717) is 23.5 Å². The third-order valence-electron chi connectivity index (χ3n) is 4.62. The smallest absolute Gasteiger partial charge is 0.263 e. The molecule has 0 saturated carbocycles. The van der Waals surface area contributed by atoms with Gasteiger partial charge in [0.15, 0.2) is 0 Å². The highest BCUT2D eigenvalue weighted by atomic mass is 32.2. The Labute approximate surface area is 168 Å². The maximum Gasteiger partial charge on any atom is 0.264 e. The molecule has 0 aliphatic carbocycles. The van der Waals surface area contributed by atoms with Crippen LogP contribution in [-0.4, -0.2) is 25.7 Å². The van der Waals surface area contributed by atoms with Crippen LogP contribution in [0.15, 0.2) is 70.7 Å². The van der Waals surface area contributed by atoms with Crippen LogP contribution >= 0.6 is 11.8 Å². The van der Waals surface area contributed by atoms with Gasteiger partial charge in [-0.15, -0.1) is 11.8 Å². The number of thioether (sulfide) groups is 1. The molecule has 4 rings (SSSR count). The minimum absolute atomic E-state index is 0.278. The van der Waals surface area contributed by atoms with Gasteiger partial charge in [-0.1, -0.05) is 29.8 Å². The Bertz CT molecular complexity index is 1170. The number of aryl methyl sites for hydroxylation is 1. The standard InChI is InChI=1S/C21H17N3O2S2/c1-15-2-8-18(9-3-15)28(25,26)24-10-11-27-21-19(13-23-14-20(21)24)17-6-4-16(12-22)5-7-17/h2-9,13-14H,10-11H2,1H3. The average molecular weight is 408 g/mol. The first-order valence-electron chi connectivity index (χ1n) is 8.71. The van der Waals surface area contributed by atoms with Crippen LogP contribution < -0.4 is 4.31 Å². The molecule has 0 fully saturated rings. The van der Waals surface area contributed by atoms with Gasteiger partial charge in [0, 0.05) is 29.0 Å². The lowest BCUT2D eigenvalue weighted by atomic mass is 10.1. The number of benzene rings is 2. The number of anilines is 1. The van der Waals surface area contributed by atoms with Crippen LogP contribution in [0, 0.1) is 18.3 Å². The van der Waals surface area contributed by atoms with E-state index in [1.165, 1.54) is 4.31 Å². The molecule has 1 aliphatic heterocycles. The maximum absolute atomic E-state index is 13.2. The Morgan fingerprint density at radius 2 is 1.79 bits per heavy atom. The highest BCUT2D eigenvalue weighted by Crippen LogP contribution is 2.43. The van der Waals surface area contributed by atoms with Crippen molar-refractivity contribution in [2.45, 2.75) is 16.7 Å². The van der Waals surface area contributed by atoms with Crippen molar-refractivity contribution < 1.29 is 8.42 Å². The van der Waals surface area contributed by atoms with Gasteiger partial charge in [-0.2, -0.15) is 5.26 Å². The number of aromatic nitrogens is 1. The second-order valence-corrected chi connectivity index (χ2v) is 9.43. The first-order chi connectivity index (χ1) is 13.5. The van der Waals surface area contributed by atoms with Crippen molar-refractivity contribution in [2.24, 2.45) is 0 Å². The van der Waals surface area contributed by atoms with Crippen LogP contribution in [0.1, 0.15) is 11.1 Å². The van der Waals surface area contributed by atoms with Crippen molar-refractivity contribution in [1.82, 2.24) is 4.98 Å². The minimum Gasteiger partial charge on any atom is -0.263 e. The SMILES string of the molecule is Cc1ccc(S(=O)(=O)N2CCSc3c(-c4ccc(C#N)cc4)cncc32)cc1. The van der Waals surface area contributed by atoms with E-state index in [2.05, 4.69) is 11.1 Å². The summed E-state index contributed by atoms with van der Waals surface area (Å²) in [5, 5.41) is 9.00. The van der Waals surface area contributed by atoms with Crippen LogP contribution in [0.4, 0.5) is 5.69 Å². The Kier molecular flexibility index (Phi) is 4.84. The van der Waals surface area contributed by atoms with E-state index in [0.717, 1.165) is 21.6 Å². The monoisotopic (exact) mass is 407 g/mol. The van der Waals surface area contributed by atoms with Gasteiger partial charge < -0.3 is 0 Å². The normalized spacial score (nSPS) is 13.6. The minimum atomic E-state index is -3.66. The van der Waals surface area contributed by atoms with Crippen LogP contribution in [0.2, 0.25) is 0 Å². The molecule has 7 heteroatoms. The molecule has 0 saturated heterocycles. The molecule has 0 bridgehead atoms. The van der Waals surface area contributed by atoms with E-state index in [9.17, 15) is 8.42 Å². The molecule has 0 amide bonds. The Morgan fingerprint density at radius 1 is 1.07 bits per heavy atom.